The van der Waals surface area contributed by atoms with Crippen molar-refractivity contribution in [2.45, 2.75) is 6.92 Å². The van der Waals surface area contributed by atoms with Gasteiger partial charge in [0.15, 0.2) is 0 Å². The normalized spacial score (nSPS) is 10.5. The molecule has 2 aromatic carbocycles. The number of rotatable bonds is 5. The lowest BCUT2D eigenvalue weighted by Crippen LogP contribution is -2.21. The molecule has 1 heterocycles. The molecule has 26 heavy (non-hydrogen) atoms. The van der Waals surface area contributed by atoms with Gasteiger partial charge in [0.05, 0.1) is 12.2 Å². The molecule has 0 saturated carbocycles. The van der Waals surface area contributed by atoms with E-state index in [9.17, 15) is 14.0 Å². The van der Waals surface area contributed by atoms with Crippen LogP contribution in [0.5, 0.6) is 5.75 Å². The highest BCUT2D eigenvalue weighted by Gasteiger charge is 2.19. The van der Waals surface area contributed by atoms with Crippen LogP contribution in [0.25, 0.3) is 10.1 Å². The molecule has 6 nitrogen and oxygen atoms in total. The molecule has 0 fully saturated rings. The lowest BCUT2D eigenvalue weighted by Gasteiger charge is -2.07. The molecule has 0 aliphatic heterocycles. The zero-order chi connectivity index (χ0) is 18.7. The van der Waals surface area contributed by atoms with Crippen LogP contribution in [0.2, 0.25) is 0 Å². The zero-order valence-electron chi connectivity index (χ0n) is 13.8. The van der Waals surface area contributed by atoms with E-state index in [-0.39, 0.29) is 5.56 Å². The molecule has 0 aliphatic carbocycles. The van der Waals surface area contributed by atoms with Crippen molar-refractivity contribution in [3.8, 4) is 5.75 Å². The second-order valence-corrected chi connectivity index (χ2v) is 6.40. The van der Waals surface area contributed by atoms with Crippen LogP contribution >= 0.6 is 11.3 Å². The first-order valence-corrected chi connectivity index (χ1v) is 8.62. The van der Waals surface area contributed by atoms with Crippen LogP contribution in [0, 0.1) is 5.82 Å². The highest BCUT2D eigenvalue weighted by Crippen LogP contribution is 2.37. The van der Waals surface area contributed by atoms with Crippen LogP contribution in [0.3, 0.4) is 0 Å². The van der Waals surface area contributed by atoms with Gasteiger partial charge in [-0.05, 0) is 49.4 Å². The number of ether oxygens (including phenoxy) is 1. The van der Waals surface area contributed by atoms with E-state index in [1.54, 1.807) is 18.2 Å². The summed E-state index contributed by atoms with van der Waals surface area (Å²) in [6, 6.07) is 10.0. The lowest BCUT2D eigenvalue weighted by atomic mass is 10.1. The van der Waals surface area contributed by atoms with Gasteiger partial charge in [0.25, 0.3) is 5.91 Å². The van der Waals surface area contributed by atoms with Gasteiger partial charge in [-0.15, -0.1) is 11.3 Å². The maximum atomic E-state index is 12.9. The molecule has 3 aromatic rings. The Balaban J connectivity index is 1.88. The van der Waals surface area contributed by atoms with Crippen LogP contribution in [0.1, 0.15) is 17.3 Å². The first-order valence-electron chi connectivity index (χ1n) is 7.80. The molecule has 3 amide bonds. The molecule has 0 aliphatic rings. The van der Waals surface area contributed by atoms with Crippen LogP contribution in [-0.2, 0) is 0 Å². The van der Waals surface area contributed by atoms with E-state index in [1.165, 1.54) is 35.6 Å². The summed E-state index contributed by atoms with van der Waals surface area (Å²) < 4.78 is 19.1. The number of thiophene rings is 1. The third kappa shape index (κ3) is 3.75. The first kappa shape index (κ1) is 17.7. The molecule has 8 heteroatoms. The molecule has 0 atom stereocenters. The SMILES string of the molecule is CCOc1ccc2c(C(N)=O)c(NC(=O)Nc3ccc(F)cc3)sc2c1. The van der Waals surface area contributed by atoms with Crippen molar-refractivity contribution in [1.29, 1.82) is 0 Å². The fourth-order valence-corrected chi connectivity index (χ4v) is 3.60. The molecule has 0 bridgehead atoms. The van der Waals surface area contributed by atoms with E-state index in [0.717, 1.165) is 4.70 Å². The topological polar surface area (TPSA) is 93.4 Å². The highest BCUT2D eigenvalue weighted by atomic mass is 32.1. The minimum atomic E-state index is -0.641. The maximum absolute atomic E-state index is 12.9. The van der Waals surface area contributed by atoms with Gasteiger partial charge in [-0.25, -0.2) is 9.18 Å². The van der Waals surface area contributed by atoms with Crippen LogP contribution in [-0.4, -0.2) is 18.5 Å². The molecule has 4 N–H and O–H groups in total. The van der Waals surface area contributed by atoms with Gasteiger partial charge in [-0.1, -0.05) is 0 Å². The Labute approximate surface area is 152 Å². The monoisotopic (exact) mass is 373 g/mol. The smallest absolute Gasteiger partial charge is 0.324 e. The molecular weight excluding hydrogens is 357 g/mol. The number of carbonyl (C=O) groups is 2. The molecule has 1 aromatic heterocycles. The third-order valence-electron chi connectivity index (χ3n) is 3.55. The molecule has 134 valence electrons. The summed E-state index contributed by atoms with van der Waals surface area (Å²) in [7, 11) is 0. The van der Waals surface area contributed by atoms with Crippen LogP contribution in [0.15, 0.2) is 42.5 Å². The summed E-state index contributed by atoms with van der Waals surface area (Å²) in [4.78, 5) is 24.1. The predicted octanol–water partition coefficient (Wildman–Crippen LogP) is 4.18. The van der Waals surface area contributed by atoms with E-state index in [4.69, 9.17) is 10.5 Å². The van der Waals surface area contributed by atoms with Gasteiger partial charge in [0, 0.05) is 15.8 Å². The summed E-state index contributed by atoms with van der Waals surface area (Å²) in [6.07, 6.45) is 0. The zero-order valence-corrected chi connectivity index (χ0v) is 14.7. The fourth-order valence-electron chi connectivity index (χ4n) is 2.46. The molecule has 3 rings (SSSR count). The number of hydrogen-bond donors (Lipinski definition) is 3. The summed E-state index contributed by atoms with van der Waals surface area (Å²) in [6.45, 7) is 2.39. The average molecular weight is 373 g/mol. The van der Waals surface area contributed by atoms with Gasteiger partial charge in [-0.3, -0.25) is 10.1 Å². The molecule has 0 radical (unpaired) electrons. The van der Waals surface area contributed by atoms with E-state index in [2.05, 4.69) is 10.6 Å². The Morgan fingerprint density at radius 1 is 1.15 bits per heavy atom. The highest BCUT2D eigenvalue weighted by molar-refractivity contribution is 7.23. The summed E-state index contributed by atoms with van der Waals surface area (Å²) in [5.74, 6) is -0.376. The number of benzene rings is 2. The van der Waals surface area contributed by atoms with Crippen molar-refractivity contribution in [3.63, 3.8) is 0 Å². The van der Waals surface area contributed by atoms with Gasteiger partial charge >= 0.3 is 6.03 Å². The largest absolute Gasteiger partial charge is 0.494 e. The standard InChI is InChI=1S/C18H16FN3O3S/c1-2-25-12-7-8-13-14(9-12)26-17(15(13)16(20)23)22-18(24)21-11-5-3-10(19)4-6-11/h3-9H,2H2,1H3,(H2,20,23)(H2,21,22,24). The van der Waals surface area contributed by atoms with Gasteiger partial charge in [0.2, 0.25) is 0 Å². The Morgan fingerprint density at radius 3 is 2.54 bits per heavy atom. The third-order valence-corrected chi connectivity index (χ3v) is 4.62. The van der Waals surface area contributed by atoms with Crippen LogP contribution in [0.4, 0.5) is 19.9 Å². The number of halogens is 1. The second kappa shape index (κ2) is 7.40. The second-order valence-electron chi connectivity index (χ2n) is 5.35. The first-order chi connectivity index (χ1) is 12.5. The number of anilines is 2. The Kier molecular flexibility index (Phi) is 5.04. The summed E-state index contributed by atoms with van der Waals surface area (Å²) >= 11 is 1.22. The number of carbonyl (C=O) groups excluding carboxylic acids is 2. The van der Waals surface area contributed by atoms with Crippen molar-refractivity contribution in [3.05, 3.63) is 53.8 Å². The number of nitrogens with one attached hydrogen (secondary N) is 2. The Hall–Kier alpha value is -3.13. The Morgan fingerprint density at radius 2 is 1.88 bits per heavy atom. The van der Waals surface area contributed by atoms with Crippen molar-refractivity contribution in [2.24, 2.45) is 5.73 Å². The molecular formula is C18H16FN3O3S. The number of primary amides is 1. The van der Waals surface area contributed by atoms with Crippen molar-refractivity contribution < 1.29 is 18.7 Å². The van der Waals surface area contributed by atoms with Crippen LogP contribution < -0.4 is 21.1 Å². The lowest BCUT2D eigenvalue weighted by molar-refractivity contribution is 0.100. The minimum absolute atomic E-state index is 0.238. The van der Waals surface area contributed by atoms with E-state index < -0.39 is 17.8 Å². The van der Waals surface area contributed by atoms with Crippen molar-refractivity contribution in [1.82, 2.24) is 0 Å². The van der Waals surface area contributed by atoms with E-state index >= 15 is 0 Å². The summed E-state index contributed by atoms with van der Waals surface area (Å²) in [5.41, 5.74) is 6.15. The van der Waals surface area contributed by atoms with Crippen molar-refractivity contribution >= 4 is 44.0 Å². The maximum Gasteiger partial charge on any atom is 0.324 e. The van der Waals surface area contributed by atoms with Gasteiger partial charge in [-0.2, -0.15) is 0 Å². The van der Waals surface area contributed by atoms with Gasteiger partial charge in [0.1, 0.15) is 16.6 Å². The fraction of sp³-hybridized carbons (Fsp3) is 0.111. The van der Waals surface area contributed by atoms with Crippen molar-refractivity contribution in [2.75, 3.05) is 17.2 Å². The molecule has 0 unspecified atom stereocenters. The average Bonchev–Trinajstić information content (AvgIpc) is 2.94. The summed E-state index contributed by atoms with van der Waals surface area (Å²) in [5, 5.41) is 6.18. The van der Waals surface area contributed by atoms with E-state index in [0.29, 0.717) is 28.4 Å². The van der Waals surface area contributed by atoms with Gasteiger partial charge < -0.3 is 15.8 Å². The quantitative estimate of drug-likeness (QED) is 0.626. The minimum Gasteiger partial charge on any atom is -0.494 e. The van der Waals surface area contributed by atoms with E-state index in [1.807, 2.05) is 6.92 Å². The number of nitrogens with two attached hydrogens (primary N) is 1. The predicted molar refractivity (Wildman–Crippen MR) is 101 cm³/mol. The number of hydrogen-bond acceptors (Lipinski definition) is 4. The molecule has 0 saturated heterocycles. The Bertz CT molecular complexity index is 970. The number of urea groups is 1. The number of fused-ring (bicyclic) bond motifs is 1. The number of amides is 3. The molecule has 0 spiro atoms.